The standard InChI is InChI=1S/C10H10ClF3N2OS/c11-6-2-1-3-7(4-6)18-5-8(9(15)16-17)10(12,13)14/h1-4,8,17H,5H2,(H2,15,16). The monoisotopic (exact) mass is 298 g/mol. The molecule has 0 amide bonds. The van der Waals surface area contributed by atoms with Gasteiger partial charge in [0.25, 0.3) is 0 Å². The van der Waals surface area contributed by atoms with E-state index in [-0.39, 0.29) is 5.75 Å². The van der Waals surface area contributed by atoms with Crippen molar-refractivity contribution in [3.8, 4) is 0 Å². The second-order valence-corrected chi connectivity index (χ2v) is 4.92. The van der Waals surface area contributed by atoms with E-state index in [1.54, 1.807) is 24.3 Å². The average molecular weight is 299 g/mol. The predicted molar refractivity (Wildman–Crippen MR) is 65.1 cm³/mol. The van der Waals surface area contributed by atoms with E-state index in [2.05, 4.69) is 5.16 Å². The number of hydrogen-bond acceptors (Lipinski definition) is 3. The topological polar surface area (TPSA) is 58.6 Å². The fourth-order valence-electron chi connectivity index (χ4n) is 1.15. The Morgan fingerprint density at radius 1 is 1.50 bits per heavy atom. The van der Waals surface area contributed by atoms with Crippen LogP contribution in [0.2, 0.25) is 5.02 Å². The molecule has 1 aromatic rings. The van der Waals surface area contributed by atoms with Crippen LogP contribution < -0.4 is 5.73 Å². The maximum atomic E-state index is 12.6. The first kappa shape index (κ1) is 15.0. The van der Waals surface area contributed by atoms with Crippen LogP contribution >= 0.6 is 23.4 Å². The Labute approximate surface area is 111 Å². The van der Waals surface area contributed by atoms with Crippen molar-refractivity contribution in [1.29, 1.82) is 0 Å². The Morgan fingerprint density at radius 3 is 2.67 bits per heavy atom. The molecule has 8 heteroatoms. The summed E-state index contributed by atoms with van der Waals surface area (Å²) in [4.78, 5) is 0.586. The molecule has 18 heavy (non-hydrogen) atoms. The SMILES string of the molecule is N/C(=N/O)C(CSc1cccc(Cl)c1)C(F)(F)F. The molecule has 3 N–H and O–H groups in total. The molecule has 0 aliphatic heterocycles. The average Bonchev–Trinajstić information content (AvgIpc) is 2.27. The number of nitrogens with zero attached hydrogens (tertiary/aromatic N) is 1. The summed E-state index contributed by atoms with van der Waals surface area (Å²) in [6.07, 6.45) is -4.55. The number of hydrogen-bond donors (Lipinski definition) is 2. The minimum atomic E-state index is -4.55. The second kappa shape index (κ2) is 6.19. The molecule has 0 bridgehead atoms. The molecule has 3 nitrogen and oxygen atoms in total. The van der Waals surface area contributed by atoms with E-state index in [1.165, 1.54) is 0 Å². The third-order valence-electron chi connectivity index (χ3n) is 2.08. The molecule has 1 rings (SSSR count). The van der Waals surface area contributed by atoms with Gasteiger partial charge in [-0.2, -0.15) is 13.2 Å². The first-order chi connectivity index (χ1) is 8.34. The normalized spacial score (nSPS) is 14.6. The molecule has 0 spiro atoms. The summed E-state index contributed by atoms with van der Waals surface area (Å²) in [7, 11) is 0. The number of rotatable bonds is 4. The molecule has 0 saturated carbocycles. The third kappa shape index (κ3) is 4.30. The zero-order valence-corrected chi connectivity index (χ0v) is 10.6. The van der Waals surface area contributed by atoms with E-state index in [0.29, 0.717) is 9.92 Å². The van der Waals surface area contributed by atoms with Gasteiger partial charge in [-0.25, -0.2) is 0 Å². The molecule has 0 saturated heterocycles. The van der Waals surface area contributed by atoms with E-state index >= 15 is 0 Å². The van der Waals surface area contributed by atoms with Gasteiger partial charge in [0.05, 0.1) is 0 Å². The lowest BCUT2D eigenvalue weighted by Gasteiger charge is -2.18. The summed E-state index contributed by atoms with van der Waals surface area (Å²) in [5.41, 5.74) is 5.04. The van der Waals surface area contributed by atoms with Crippen molar-refractivity contribution < 1.29 is 18.4 Å². The highest BCUT2D eigenvalue weighted by Crippen LogP contribution is 2.32. The Morgan fingerprint density at radius 2 is 2.17 bits per heavy atom. The number of oxime groups is 1. The van der Waals surface area contributed by atoms with Gasteiger partial charge in [-0.1, -0.05) is 22.8 Å². The maximum Gasteiger partial charge on any atom is 0.399 e. The number of nitrogens with two attached hydrogens (primary N) is 1. The predicted octanol–water partition coefficient (Wildman–Crippen LogP) is 3.36. The van der Waals surface area contributed by atoms with Gasteiger partial charge in [0.2, 0.25) is 0 Å². The van der Waals surface area contributed by atoms with Crippen LogP contribution in [0.1, 0.15) is 0 Å². The smallest absolute Gasteiger partial charge is 0.399 e. The Balaban J connectivity index is 2.75. The summed E-state index contributed by atoms with van der Waals surface area (Å²) in [5.74, 6) is -3.22. The minimum absolute atomic E-state index is 0.375. The van der Waals surface area contributed by atoms with Crippen molar-refractivity contribution in [3.63, 3.8) is 0 Å². The van der Waals surface area contributed by atoms with Crippen molar-refractivity contribution >= 4 is 29.2 Å². The fourth-order valence-corrected chi connectivity index (χ4v) is 2.51. The van der Waals surface area contributed by atoms with Crippen LogP contribution in [0.3, 0.4) is 0 Å². The summed E-state index contributed by atoms with van der Waals surface area (Å²) >= 11 is 6.65. The number of halogens is 4. The van der Waals surface area contributed by atoms with Gasteiger partial charge >= 0.3 is 6.18 Å². The molecule has 1 unspecified atom stereocenters. The molecule has 0 aromatic heterocycles. The molecule has 0 heterocycles. The molecular formula is C10H10ClF3N2OS. The van der Waals surface area contributed by atoms with Crippen LogP contribution in [-0.2, 0) is 0 Å². The first-order valence-electron chi connectivity index (χ1n) is 4.77. The minimum Gasteiger partial charge on any atom is -0.409 e. The molecule has 0 radical (unpaired) electrons. The van der Waals surface area contributed by atoms with Gasteiger partial charge in [0.15, 0.2) is 5.84 Å². The summed E-state index contributed by atoms with van der Waals surface area (Å²) < 4.78 is 37.9. The Hall–Kier alpha value is -1.08. The van der Waals surface area contributed by atoms with Gasteiger partial charge in [-0.15, -0.1) is 11.8 Å². The van der Waals surface area contributed by atoms with Crippen molar-refractivity contribution in [1.82, 2.24) is 0 Å². The van der Waals surface area contributed by atoms with Crippen molar-refractivity contribution in [2.45, 2.75) is 11.1 Å². The van der Waals surface area contributed by atoms with Crippen LogP contribution in [-0.4, -0.2) is 23.0 Å². The largest absolute Gasteiger partial charge is 0.409 e. The van der Waals surface area contributed by atoms with E-state index in [4.69, 9.17) is 22.5 Å². The first-order valence-corrected chi connectivity index (χ1v) is 6.13. The lowest BCUT2D eigenvalue weighted by Crippen LogP contribution is -2.37. The Kier molecular flexibility index (Phi) is 5.15. The highest BCUT2D eigenvalue weighted by Gasteiger charge is 2.42. The van der Waals surface area contributed by atoms with Crippen LogP contribution in [0, 0.1) is 5.92 Å². The number of amidine groups is 1. The summed E-state index contributed by atoms with van der Waals surface area (Å²) in [6.45, 7) is 0. The molecule has 1 atom stereocenters. The second-order valence-electron chi connectivity index (χ2n) is 3.39. The lowest BCUT2D eigenvalue weighted by atomic mass is 10.1. The summed E-state index contributed by atoms with van der Waals surface area (Å²) in [5, 5.41) is 11.2. The highest BCUT2D eigenvalue weighted by molar-refractivity contribution is 7.99. The molecule has 0 fully saturated rings. The zero-order valence-electron chi connectivity index (χ0n) is 8.99. The van der Waals surface area contributed by atoms with Gasteiger partial charge in [-0.05, 0) is 18.2 Å². The third-order valence-corrected chi connectivity index (χ3v) is 3.40. The zero-order chi connectivity index (χ0) is 13.8. The maximum absolute atomic E-state index is 12.6. The quantitative estimate of drug-likeness (QED) is 0.295. The van der Waals surface area contributed by atoms with Crippen LogP contribution in [0.5, 0.6) is 0 Å². The van der Waals surface area contributed by atoms with Gasteiger partial charge in [-0.3, -0.25) is 0 Å². The van der Waals surface area contributed by atoms with Crippen LogP contribution in [0.4, 0.5) is 13.2 Å². The van der Waals surface area contributed by atoms with Crippen molar-refractivity contribution in [2.75, 3.05) is 5.75 Å². The molecule has 100 valence electrons. The van der Waals surface area contributed by atoms with E-state index in [9.17, 15) is 13.2 Å². The van der Waals surface area contributed by atoms with Crippen LogP contribution in [0.25, 0.3) is 0 Å². The van der Waals surface area contributed by atoms with E-state index in [0.717, 1.165) is 11.8 Å². The van der Waals surface area contributed by atoms with Crippen molar-refractivity contribution in [2.24, 2.45) is 16.8 Å². The Bertz CT molecular complexity index is 439. The van der Waals surface area contributed by atoms with Crippen molar-refractivity contribution in [3.05, 3.63) is 29.3 Å². The van der Waals surface area contributed by atoms with E-state index < -0.39 is 17.9 Å². The highest BCUT2D eigenvalue weighted by atomic mass is 35.5. The number of alkyl halides is 3. The number of benzene rings is 1. The number of thioether (sulfide) groups is 1. The molecule has 1 aromatic carbocycles. The molecule has 0 aliphatic carbocycles. The van der Waals surface area contributed by atoms with Gasteiger partial charge < -0.3 is 10.9 Å². The molecular weight excluding hydrogens is 289 g/mol. The molecule has 0 aliphatic rings. The van der Waals surface area contributed by atoms with Crippen LogP contribution in [0.15, 0.2) is 34.3 Å². The van der Waals surface area contributed by atoms with E-state index in [1.807, 2.05) is 0 Å². The van der Waals surface area contributed by atoms with Gasteiger partial charge in [0, 0.05) is 15.7 Å². The van der Waals surface area contributed by atoms with Gasteiger partial charge in [0.1, 0.15) is 5.92 Å². The fraction of sp³-hybridized carbons (Fsp3) is 0.300. The summed E-state index contributed by atoms with van der Waals surface area (Å²) in [6, 6.07) is 6.44. The lowest BCUT2D eigenvalue weighted by molar-refractivity contribution is -0.150.